The zero-order valence-corrected chi connectivity index (χ0v) is 9.48. The van der Waals surface area contributed by atoms with E-state index in [4.69, 9.17) is 16.9 Å². The Labute approximate surface area is 95.3 Å². The van der Waals surface area contributed by atoms with Gasteiger partial charge in [-0.15, -0.1) is 0 Å². The van der Waals surface area contributed by atoms with Crippen LogP contribution in [0.4, 0.5) is 5.69 Å². The van der Waals surface area contributed by atoms with Crippen LogP contribution in [0.3, 0.4) is 0 Å². The Morgan fingerprint density at radius 3 is 3.00 bits per heavy atom. The molecule has 0 spiro atoms. The first-order valence-electron chi connectivity index (χ1n) is 4.05. The molecule has 1 aromatic rings. The van der Waals surface area contributed by atoms with Crippen molar-refractivity contribution in [2.24, 2.45) is 0 Å². The second kappa shape index (κ2) is 3.64. The normalized spacial score (nSPS) is 14.4. The second-order valence-corrected chi connectivity index (χ2v) is 4.24. The van der Waals surface area contributed by atoms with E-state index in [1.807, 2.05) is 18.2 Å². The third kappa shape index (κ3) is 1.52. The summed E-state index contributed by atoms with van der Waals surface area (Å²) in [5, 5.41) is 12.5. The molecule has 70 valence electrons. The van der Waals surface area contributed by atoms with E-state index in [1.54, 1.807) is 0 Å². The highest BCUT2D eigenvalue weighted by molar-refractivity contribution is 9.10. The smallest absolute Gasteiger partial charge is 0.0982 e. The predicted octanol–water partition coefficient (Wildman–Crippen LogP) is 3.35. The quantitative estimate of drug-likeness (QED) is 0.784. The van der Waals surface area contributed by atoms with Crippen LogP contribution in [0.25, 0.3) is 5.03 Å². The number of halogens is 2. The first kappa shape index (κ1) is 9.57. The molecule has 0 aliphatic carbocycles. The van der Waals surface area contributed by atoms with Crippen LogP contribution in [0.15, 0.2) is 28.2 Å². The van der Waals surface area contributed by atoms with Gasteiger partial charge in [-0.2, -0.15) is 5.26 Å². The number of rotatable bonds is 0. The van der Waals surface area contributed by atoms with Crippen LogP contribution in [0, 0.1) is 11.3 Å². The molecular formula is C10H6BrClN2. The van der Waals surface area contributed by atoms with Crippen LogP contribution in [0.2, 0.25) is 0 Å². The van der Waals surface area contributed by atoms with E-state index in [0.717, 1.165) is 15.7 Å². The van der Waals surface area contributed by atoms with Gasteiger partial charge in [0.2, 0.25) is 0 Å². The number of benzene rings is 1. The lowest BCUT2D eigenvalue weighted by Gasteiger charge is -2.18. The molecule has 0 unspecified atom stereocenters. The number of nitriles is 1. The number of nitrogens with zero attached hydrogens (tertiary/aromatic N) is 1. The Bertz CT molecular complexity index is 460. The van der Waals surface area contributed by atoms with Crippen LogP contribution in [0.1, 0.15) is 5.56 Å². The van der Waals surface area contributed by atoms with Crippen molar-refractivity contribution in [1.82, 2.24) is 0 Å². The van der Waals surface area contributed by atoms with Gasteiger partial charge in [0.1, 0.15) is 0 Å². The Balaban J connectivity index is 2.59. The van der Waals surface area contributed by atoms with Crippen molar-refractivity contribution in [3.63, 3.8) is 0 Å². The summed E-state index contributed by atoms with van der Waals surface area (Å²) < 4.78 is 0.994. The van der Waals surface area contributed by atoms with Crippen LogP contribution in [0.5, 0.6) is 0 Å². The van der Waals surface area contributed by atoms with E-state index in [9.17, 15) is 0 Å². The molecule has 4 heteroatoms. The fourth-order valence-corrected chi connectivity index (χ4v) is 2.00. The van der Waals surface area contributed by atoms with Gasteiger partial charge in [0.15, 0.2) is 0 Å². The van der Waals surface area contributed by atoms with Gasteiger partial charge in [0, 0.05) is 15.7 Å². The van der Waals surface area contributed by atoms with Gasteiger partial charge in [-0.3, -0.25) is 0 Å². The summed E-state index contributed by atoms with van der Waals surface area (Å²) in [5.74, 6) is 0. The maximum atomic E-state index is 8.80. The molecule has 1 N–H and O–H groups in total. The van der Waals surface area contributed by atoms with Crippen molar-refractivity contribution in [3.05, 3.63) is 33.8 Å². The van der Waals surface area contributed by atoms with E-state index in [2.05, 4.69) is 27.3 Å². The van der Waals surface area contributed by atoms with E-state index < -0.39 is 0 Å². The minimum absolute atomic E-state index is 0.499. The Kier molecular flexibility index (Phi) is 2.49. The highest BCUT2D eigenvalue weighted by atomic mass is 79.9. The largest absolute Gasteiger partial charge is 0.380 e. The van der Waals surface area contributed by atoms with Gasteiger partial charge < -0.3 is 5.32 Å². The molecule has 2 rings (SSSR count). The van der Waals surface area contributed by atoms with E-state index in [-0.39, 0.29) is 0 Å². The second-order valence-electron chi connectivity index (χ2n) is 2.95. The monoisotopic (exact) mass is 268 g/mol. The topological polar surface area (TPSA) is 35.8 Å². The minimum atomic E-state index is 0.499. The third-order valence-corrected chi connectivity index (χ3v) is 3.00. The summed E-state index contributed by atoms with van der Waals surface area (Å²) >= 11 is 9.45. The van der Waals surface area contributed by atoms with Gasteiger partial charge in [-0.05, 0) is 12.1 Å². The van der Waals surface area contributed by atoms with Gasteiger partial charge in [0.25, 0.3) is 0 Å². The number of fused-ring (bicyclic) bond motifs is 1. The Hall–Kier alpha value is -0.980. The van der Waals surface area contributed by atoms with Crippen molar-refractivity contribution < 1.29 is 0 Å². The van der Waals surface area contributed by atoms with Crippen molar-refractivity contribution in [1.29, 1.82) is 5.26 Å². The lowest BCUT2D eigenvalue weighted by Crippen LogP contribution is -2.11. The van der Waals surface area contributed by atoms with E-state index >= 15 is 0 Å². The number of hydrogen-bond acceptors (Lipinski definition) is 2. The van der Waals surface area contributed by atoms with Crippen molar-refractivity contribution in [2.45, 2.75) is 0 Å². The summed E-state index contributed by atoms with van der Waals surface area (Å²) in [6.07, 6.45) is 0. The van der Waals surface area contributed by atoms with E-state index in [0.29, 0.717) is 17.2 Å². The van der Waals surface area contributed by atoms with Gasteiger partial charge in [0.05, 0.1) is 23.2 Å². The molecule has 1 aliphatic heterocycles. The summed E-state index contributed by atoms with van der Waals surface area (Å²) in [6, 6.07) is 7.83. The molecule has 0 radical (unpaired) electrons. The molecule has 1 aromatic carbocycles. The number of anilines is 1. The van der Waals surface area contributed by atoms with Gasteiger partial charge in [-0.25, -0.2) is 0 Å². The highest BCUT2D eigenvalue weighted by Gasteiger charge is 2.16. The molecule has 2 nitrogen and oxygen atoms in total. The van der Waals surface area contributed by atoms with Crippen LogP contribution < -0.4 is 5.32 Å². The molecule has 0 saturated carbocycles. The van der Waals surface area contributed by atoms with E-state index in [1.165, 1.54) is 0 Å². The first-order chi connectivity index (χ1) is 6.72. The first-order valence-corrected chi connectivity index (χ1v) is 5.22. The molecule has 14 heavy (non-hydrogen) atoms. The van der Waals surface area contributed by atoms with Crippen LogP contribution in [-0.2, 0) is 0 Å². The van der Waals surface area contributed by atoms with Crippen molar-refractivity contribution in [3.8, 4) is 6.07 Å². The zero-order chi connectivity index (χ0) is 10.1. The van der Waals surface area contributed by atoms with Gasteiger partial charge >= 0.3 is 0 Å². The summed E-state index contributed by atoms with van der Waals surface area (Å²) in [4.78, 5) is 0. The lowest BCUT2D eigenvalue weighted by molar-refractivity contribution is 1.23. The maximum Gasteiger partial charge on any atom is 0.0982 e. The fourth-order valence-electron chi connectivity index (χ4n) is 1.37. The Morgan fingerprint density at radius 2 is 2.29 bits per heavy atom. The molecular weight excluding hydrogens is 263 g/mol. The molecule has 1 heterocycles. The maximum absolute atomic E-state index is 8.80. The molecule has 1 aliphatic rings. The Morgan fingerprint density at radius 1 is 1.50 bits per heavy atom. The fraction of sp³-hybridized carbons (Fsp3) is 0.100. The molecule has 0 amide bonds. The van der Waals surface area contributed by atoms with Crippen LogP contribution in [-0.4, -0.2) is 6.54 Å². The zero-order valence-electron chi connectivity index (χ0n) is 7.14. The number of nitrogens with one attached hydrogen (secondary N) is 1. The lowest BCUT2D eigenvalue weighted by atomic mass is 10.1. The standard InChI is InChI=1S/C10H6BrClN2/c11-7-1-2-8-9(3-7)14-5-6(4-13)10(8)12/h1-3,14H,5H2. The summed E-state index contributed by atoms with van der Waals surface area (Å²) in [5.41, 5.74) is 2.43. The average Bonchev–Trinajstić information content (AvgIpc) is 2.18. The van der Waals surface area contributed by atoms with Gasteiger partial charge in [-0.1, -0.05) is 33.6 Å². The predicted molar refractivity (Wildman–Crippen MR) is 61.0 cm³/mol. The SMILES string of the molecule is N#CC1=C(Cl)c2ccc(Br)cc2NC1. The van der Waals surface area contributed by atoms with Crippen molar-refractivity contribution in [2.75, 3.05) is 11.9 Å². The molecule has 0 bridgehead atoms. The van der Waals surface area contributed by atoms with Crippen molar-refractivity contribution >= 4 is 38.3 Å². The number of hydrogen-bond donors (Lipinski definition) is 1. The summed E-state index contributed by atoms with van der Waals surface area (Å²) in [7, 11) is 0. The molecule has 0 atom stereocenters. The molecule has 0 saturated heterocycles. The third-order valence-electron chi connectivity index (χ3n) is 2.07. The minimum Gasteiger partial charge on any atom is -0.380 e. The average molecular weight is 270 g/mol. The van der Waals surface area contributed by atoms with Crippen LogP contribution >= 0.6 is 27.5 Å². The molecule has 0 aromatic heterocycles. The summed E-state index contributed by atoms with van der Waals surface area (Å²) in [6.45, 7) is 0.499. The highest BCUT2D eigenvalue weighted by Crippen LogP contribution is 2.34. The molecule has 0 fully saturated rings.